The van der Waals surface area contributed by atoms with E-state index >= 15 is 0 Å². The summed E-state index contributed by atoms with van der Waals surface area (Å²) in [5.74, 6) is 1.15. The average Bonchev–Trinajstić information content (AvgIpc) is 2.32. The van der Waals surface area contributed by atoms with Gasteiger partial charge in [-0.2, -0.15) is 0 Å². The molecule has 0 aliphatic carbocycles. The van der Waals surface area contributed by atoms with Gasteiger partial charge in [0.2, 0.25) is 0 Å². The number of carbonyl (C=O) groups excluding carboxylic acids is 1. The molecule has 0 spiro atoms. The predicted molar refractivity (Wildman–Crippen MR) is 71.1 cm³/mol. The lowest BCUT2D eigenvalue weighted by atomic mass is 10.2. The van der Waals surface area contributed by atoms with Crippen molar-refractivity contribution in [3.8, 4) is 11.5 Å². The fraction of sp³-hybridized carbons (Fsp3) is 0. The van der Waals surface area contributed by atoms with Crippen LogP contribution in [0.1, 0.15) is 10.4 Å². The number of carbonyl (C=O) groups is 1. The van der Waals surface area contributed by atoms with E-state index in [1.54, 1.807) is 42.5 Å². The zero-order chi connectivity index (χ0) is 12.3. The van der Waals surface area contributed by atoms with Gasteiger partial charge in [-0.05, 0) is 42.5 Å². The Morgan fingerprint density at radius 3 is 2.47 bits per heavy atom. The van der Waals surface area contributed by atoms with Crippen LogP contribution in [0.25, 0.3) is 0 Å². The maximum absolute atomic E-state index is 10.9. The molecule has 0 heterocycles. The van der Waals surface area contributed by atoms with Crippen LogP contribution in [0.15, 0.2) is 46.9 Å². The summed E-state index contributed by atoms with van der Waals surface area (Å²) >= 11 is 9.11. The van der Waals surface area contributed by atoms with Crippen molar-refractivity contribution >= 4 is 33.8 Å². The third kappa shape index (κ3) is 3.08. The summed E-state index contributed by atoms with van der Waals surface area (Å²) in [7, 11) is 0. The molecule has 0 N–H and O–H groups in total. The second-order valence-electron chi connectivity index (χ2n) is 3.36. The molecule has 0 aliphatic heterocycles. The first-order chi connectivity index (χ1) is 8.19. The van der Waals surface area contributed by atoms with Gasteiger partial charge in [-0.15, -0.1) is 0 Å². The van der Waals surface area contributed by atoms with E-state index in [1.165, 1.54) is 0 Å². The van der Waals surface area contributed by atoms with Gasteiger partial charge in [-0.1, -0.05) is 27.5 Å². The number of ether oxygens (including phenoxy) is 1. The Morgan fingerprint density at radius 1 is 1.12 bits per heavy atom. The van der Waals surface area contributed by atoms with Crippen molar-refractivity contribution in [1.82, 2.24) is 0 Å². The minimum atomic E-state index is 0.503. The molecule has 0 amide bonds. The van der Waals surface area contributed by atoms with Crippen LogP contribution < -0.4 is 4.74 Å². The van der Waals surface area contributed by atoms with E-state index in [4.69, 9.17) is 16.3 Å². The van der Waals surface area contributed by atoms with E-state index in [9.17, 15) is 4.79 Å². The zero-order valence-electron chi connectivity index (χ0n) is 8.69. The second kappa shape index (κ2) is 5.34. The normalized spacial score (nSPS) is 10.0. The van der Waals surface area contributed by atoms with E-state index in [0.29, 0.717) is 22.1 Å². The van der Waals surface area contributed by atoms with Gasteiger partial charge in [-0.25, -0.2) is 0 Å². The quantitative estimate of drug-likeness (QED) is 0.768. The van der Waals surface area contributed by atoms with Gasteiger partial charge in [-0.3, -0.25) is 4.79 Å². The smallest absolute Gasteiger partial charge is 0.153 e. The molecular formula is C13H8BrClO2. The number of rotatable bonds is 3. The van der Waals surface area contributed by atoms with Crippen LogP contribution in [0.2, 0.25) is 5.02 Å². The summed E-state index contributed by atoms with van der Waals surface area (Å²) in [6.07, 6.45) is 0.762. The molecule has 0 bridgehead atoms. The van der Waals surface area contributed by atoms with Gasteiger partial charge < -0.3 is 4.74 Å². The van der Waals surface area contributed by atoms with Crippen molar-refractivity contribution in [3.63, 3.8) is 0 Å². The molecule has 0 fully saturated rings. The molecule has 2 aromatic carbocycles. The van der Waals surface area contributed by atoms with E-state index in [2.05, 4.69) is 15.9 Å². The summed E-state index contributed by atoms with van der Waals surface area (Å²) in [5, 5.41) is 0.641. The Labute approximate surface area is 112 Å². The Kier molecular flexibility index (Phi) is 3.82. The highest BCUT2D eigenvalue weighted by atomic mass is 79.9. The van der Waals surface area contributed by atoms with Crippen LogP contribution in [-0.2, 0) is 0 Å². The van der Waals surface area contributed by atoms with E-state index in [1.807, 2.05) is 0 Å². The fourth-order valence-electron chi connectivity index (χ4n) is 1.32. The lowest BCUT2D eigenvalue weighted by Crippen LogP contribution is -1.90. The van der Waals surface area contributed by atoms with Crippen LogP contribution in [0.4, 0.5) is 0 Å². The maximum Gasteiger partial charge on any atom is 0.153 e. The van der Waals surface area contributed by atoms with Crippen molar-refractivity contribution in [3.05, 3.63) is 57.5 Å². The molecule has 0 aromatic heterocycles. The largest absolute Gasteiger partial charge is 0.457 e. The number of aldehydes is 1. The van der Waals surface area contributed by atoms with Crippen molar-refractivity contribution in [2.45, 2.75) is 0 Å². The number of hydrogen-bond donors (Lipinski definition) is 0. The van der Waals surface area contributed by atoms with Crippen molar-refractivity contribution in [1.29, 1.82) is 0 Å². The maximum atomic E-state index is 10.9. The number of benzene rings is 2. The SMILES string of the molecule is O=Cc1ccc(Br)cc1Oc1ccc(Cl)cc1. The van der Waals surface area contributed by atoms with Gasteiger partial charge in [0.25, 0.3) is 0 Å². The van der Waals surface area contributed by atoms with Gasteiger partial charge in [0.1, 0.15) is 11.5 Å². The van der Waals surface area contributed by atoms with E-state index in [-0.39, 0.29) is 0 Å². The lowest BCUT2D eigenvalue weighted by Gasteiger charge is -2.08. The molecule has 2 aromatic rings. The lowest BCUT2D eigenvalue weighted by molar-refractivity contribution is 0.112. The first-order valence-corrected chi connectivity index (χ1v) is 6.04. The second-order valence-corrected chi connectivity index (χ2v) is 4.71. The molecular weight excluding hydrogens is 303 g/mol. The first kappa shape index (κ1) is 12.1. The summed E-state index contributed by atoms with van der Waals surface area (Å²) in [6, 6.07) is 12.2. The van der Waals surface area contributed by atoms with E-state index in [0.717, 1.165) is 10.8 Å². The third-order valence-corrected chi connectivity index (χ3v) is 2.89. The monoisotopic (exact) mass is 310 g/mol. The number of halogens is 2. The van der Waals surface area contributed by atoms with Crippen LogP contribution in [0.3, 0.4) is 0 Å². The van der Waals surface area contributed by atoms with Crippen LogP contribution >= 0.6 is 27.5 Å². The Balaban J connectivity index is 2.31. The molecule has 0 atom stereocenters. The minimum Gasteiger partial charge on any atom is -0.457 e. The van der Waals surface area contributed by atoms with Crippen molar-refractivity contribution in [2.75, 3.05) is 0 Å². The molecule has 86 valence electrons. The molecule has 2 nitrogen and oxygen atoms in total. The van der Waals surface area contributed by atoms with Crippen molar-refractivity contribution < 1.29 is 9.53 Å². The molecule has 0 unspecified atom stereocenters. The molecule has 2 rings (SSSR count). The Morgan fingerprint density at radius 2 is 1.82 bits per heavy atom. The molecule has 0 saturated heterocycles. The first-order valence-electron chi connectivity index (χ1n) is 4.87. The van der Waals surface area contributed by atoms with Gasteiger partial charge >= 0.3 is 0 Å². The van der Waals surface area contributed by atoms with Crippen LogP contribution in [-0.4, -0.2) is 6.29 Å². The summed E-state index contributed by atoms with van der Waals surface area (Å²) in [6.45, 7) is 0. The predicted octanol–water partition coefficient (Wildman–Crippen LogP) is 4.71. The standard InChI is InChI=1S/C13H8BrClO2/c14-10-2-1-9(8-16)13(7-10)17-12-5-3-11(15)4-6-12/h1-8H. The zero-order valence-corrected chi connectivity index (χ0v) is 11.0. The summed E-state index contributed by atoms with van der Waals surface area (Å²) in [5.41, 5.74) is 0.503. The average molecular weight is 312 g/mol. The fourth-order valence-corrected chi connectivity index (χ4v) is 1.79. The number of hydrogen-bond acceptors (Lipinski definition) is 2. The topological polar surface area (TPSA) is 26.3 Å². The van der Waals surface area contributed by atoms with Gasteiger partial charge in [0.05, 0.1) is 5.56 Å². The third-order valence-electron chi connectivity index (χ3n) is 2.14. The molecule has 0 saturated carbocycles. The minimum absolute atomic E-state index is 0.503. The molecule has 17 heavy (non-hydrogen) atoms. The molecule has 0 aliphatic rings. The van der Waals surface area contributed by atoms with Crippen LogP contribution in [0.5, 0.6) is 11.5 Å². The van der Waals surface area contributed by atoms with E-state index < -0.39 is 0 Å². The van der Waals surface area contributed by atoms with Gasteiger partial charge in [0, 0.05) is 9.50 Å². The summed E-state index contributed by atoms with van der Waals surface area (Å²) < 4.78 is 6.47. The summed E-state index contributed by atoms with van der Waals surface area (Å²) in [4.78, 5) is 10.9. The Hall–Kier alpha value is -1.32. The van der Waals surface area contributed by atoms with Crippen molar-refractivity contribution in [2.24, 2.45) is 0 Å². The highest BCUT2D eigenvalue weighted by Gasteiger charge is 2.05. The highest BCUT2D eigenvalue weighted by molar-refractivity contribution is 9.10. The Bertz CT molecular complexity index is 538. The molecule has 0 radical (unpaired) electrons. The highest BCUT2D eigenvalue weighted by Crippen LogP contribution is 2.28. The molecule has 4 heteroatoms. The van der Waals surface area contributed by atoms with Gasteiger partial charge in [0.15, 0.2) is 6.29 Å². The van der Waals surface area contributed by atoms with Crippen LogP contribution in [0, 0.1) is 0 Å².